The third-order valence-electron chi connectivity index (χ3n) is 6.55. The number of nitrogens with zero attached hydrogens (tertiary/aromatic N) is 3. The van der Waals surface area contributed by atoms with Crippen LogP contribution in [0.5, 0.6) is 0 Å². The van der Waals surface area contributed by atoms with Crippen LogP contribution in [0.1, 0.15) is 47.3 Å². The smallest absolute Gasteiger partial charge is 0.345 e. The molecule has 5 heteroatoms. The first kappa shape index (κ1) is 19.8. The number of amides is 1. The van der Waals surface area contributed by atoms with E-state index in [4.69, 9.17) is 4.98 Å². The van der Waals surface area contributed by atoms with E-state index in [-0.39, 0.29) is 19.0 Å². The van der Waals surface area contributed by atoms with Crippen molar-refractivity contribution in [3.8, 4) is 0 Å². The van der Waals surface area contributed by atoms with Crippen LogP contribution in [0.15, 0.2) is 83.9 Å². The number of aromatic nitrogens is 2. The van der Waals surface area contributed by atoms with Crippen molar-refractivity contribution >= 4 is 11.5 Å². The predicted molar refractivity (Wildman–Crippen MR) is 121 cm³/mol. The molecule has 0 aromatic carbocycles. The molecule has 3 aliphatic rings. The number of quaternary nitrogens is 1. The molecular formula is C26H25N3O2. The van der Waals surface area contributed by atoms with E-state index in [2.05, 4.69) is 35.4 Å². The average Bonchev–Trinajstić information content (AvgIpc) is 2.80. The Hall–Kier alpha value is -3.15. The zero-order valence-corrected chi connectivity index (χ0v) is 17.5. The van der Waals surface area contributed by atoms with E-state index < -0.39 is 4.65 Å². The molecule has 0 unspecified atom stereocenters. The number of hydroxylamine groups is 3. The lowest BCUT2D eigenvalue weighted by atomic mass is 9.80. The number of hydrogen-bond donors (Lipinski definition) is 0. The number of rotatable bonds is 1. The van der Waals surface area contributed by atoms with E-state index in [1.165, 1.54) is 27.9 Å². The van der Waals surface area contributed by atoms with Crippen LogP contribution in [-0.2, 0) is 6.42 Å². The van der Waals surface area contributed by atoms with Gasteiger partial charge in [0, 0.05) is 37.0 Å². The topological polar surface area (TPSA) is 65.9 Å². The van der Waals surface area contributed by atoms with Crippen molar-refractivity contribution in [3.63, 3.8) is 0 Å². The fourth-order valence-electron chi connectivity index (χ4n) is 4.85. The minimum Gasteiger partial charge on any atom is -0.625 e. The van der Waals surface area contributed by atoms with E-state index in [0.29, 0.717) is 18.4 Å². The Bertz CT molecular complexity index is 1130. The zero-order chi connectivity index (χ0) is 21.3. The fourth-order valence-corrected chi connectivity index (χ4v) is 4.85. The number of fused-ring (bicyclic) bond motifs is 2. The highest BCUT2D eigenvalue weighted by Gasteiger charge is 2.34. The molecule has 31 heavy (non-hydrogen) atoms. The van der Waals surface area contributed by atoms with Crippen molar-refractivity contribution in [2.45, 2.75) is 32.1 Å². The molecule has 1 fully saturated rings. The number of carbonyl (C=O) groups excluding carboxylic acids is 1. The van der Waals surface area contributed by atoms with Crippen LogP contribution >= 0.6 is 0 Å². The SMILES string of the molecule is O=C(c1ccncc1)[N+]1([O-])CCC(=C2/C=C\C=C/CC3=C2c2ncccc2CC3)CC1. The Morgan fingerprint density at radius 3 is 2.55 bits per heavy atom. The highest BCUT2D eigenvalue weighted by atomic mass is 16.6. The van der Waals surface area contributed by atoms with Gasteiger partial charge in [0.15, 0.2) is 0 Å². The quantitative estimate of drug-likeness (QED) is 0.493. The van der Waals surface area contributed by atoms with Gasteiger partial charge in [-0.05, 0) is 48.6 Å². The van der Waals surface area contributed by atoms with Gasteiger partial charge in [-0.25, -0.2) is 4.79 Å². The maximum Gasteiger partial charge on any atom is 0.345 e. The molecule has 0 N–H and O–H groups in total. The number of aryl methyl sites for hydroxylation is 1. The minimum atomic E-state index is -0.800. The van der Waals surface area contributed by atoms with Crippen molar-refractivity contribution in [2.24, 2.45) is 0 Å². The molecule has 0 atom stereocenters. The molecule has 2 aromatic heterocycles. The van der Waals surface area contributed by atoms with Crippen molar-refractivity contribution in [1.82, 2.24) is 9.97 Å². The van der Waals surface area contributed by atoms with Crippen LogP contribution in [0.2, 0.25) is 0 Å². The largest absolute Gasteiger partial charge is 0.625 e. The van der Waals surface area contributed by atoms with Gasteiger partial charge in [0.25, 0.3) is 0 Å². The summed E-state index contributed by atoms with van der Waals surface area (Å²) in [5, 5.41) is 13.3. The van der Waals surface area contributed by atoms with Crippen LogP contribution in [-0.4, -0.2) is 33.6 Å². The van der Waals surface area contributed by atoms with Gasteiger partial charge in [-0.3, -0.25) is 14.6 Å². The standard InChI is InChI=1S/C26H25N3O2/c30-26(22-10-15-27-16-11-22)29(31)17-12-19(13-18-29)23-7-3-1-2-5-20-8-9-21-6-4-14-28-25(21)24(20)23/h1-4,6-7,10-11,14-16H,5,8-9,12-13,17-18H2/b2-1-,7-3-,23-19?. The molecule has 3 heterocycles. The molecule has 2 aromatic rings. The predicted octanol–water partition coefficient (Wildman–Crippen LogP) is 4.94. The van der Waals surface area contributed by atoms with E-state index >= 15 is 0 Å². The van der Waals surface area contributed by atoms with Gasteiger partial charge in [0.1, 0.15) is 0 Å². The van der Waals surface area contributed by atoms with Gasteiger partial charge >= 0.3 is 5.91 Å². The van der Waals surface area contributed by atoms with Crippen molar-refractivity contribution in [2.75, 3.05) is 13.1 Å². The van der Waals surface area contributed by atoms with E-state index in [1.54, 1.807) is 24.5 Å². The van der Waals surface area contributed by atoms with Crippen molar-refractivity contribution in [1.29, 1.82) is 0 Å². The number of allylic oxidation sites excluding steroid dienone is 7. The van der Waals surface area contributed by atoms with Gasteiger partial charge in [-0.15, -0.1) is 0 Å². The van der Waals surface area contributed by atoms with Crippen LogP contribution in [0.25, 0.3) is 5.57 Å². The number of pyridine rings is 2. The Balaban J connectivity index is 1.50. The Kier molecular flexibility index (Phi) is 5.22. The maximum atomic E-state index is 13.3. The van der Waals surface area contributed by atoms with Gasteiger partial charge in [-0.2, -0.15) is 0 Å². The number of likely N-dealkylation sites (tertiary alicyclic amines) is 1. The lowest BCUT2D eigenvalue weighted by Gasteiger charge is -2.43. The highest BCUT2D eigenvalue weighted by Crippen LogP contribution is 2.41. The van der Waals surface area contributed by atoms with E-state index in [1.807, 2.05) is 12.3 Å². The van der Waals surface area contributed by atoms with Gasteiger partial charge in [0.05, 0.1) is 24.3 Å². The summed E-state index contributed by atoms with van der Waals surface area (Å²) in [6.07, 6.45) is 17.7. The first-order valence-corrected chi connectivity index (χ1v) is 10.9. The molecule has 0 bridgehead atoms. The third-order valence-corrected chi connectivity index (χ3v) is 6.55. The van der Waals surface area contributed by atoms with Gasteiger partial charge in [-0.1, -0.05) is 41.5 Å². The molecule has 156 valence electrons. The Morgan fingerprint density at radius 2 is 1.74 bits per heavy atom. The van der Waals surface area contributed by atoms with Crippen LogP contribution < -0.4 is 0 Å². The zero-order valence-electron chi connectivity index (χ0n) is 17.5. The summed E-state index contributed by atoms with van der Waals surface area (Å²) in [7, 11) is 0. The first-order chi connectivity index (χ1) is 15.2. The summed E-state index contributed by atoms with van der Waals surface area (Å²) in [4.78, 5) is 21.6. The van der Waals surface area contributed by atoms with E-state index in [0.717, 1.165) is 25.0 Å². The monoisotopic (exact) mass is 411 g/mol. The lowest BCUT2D eigenvalue weighted by molar-refractivity contribution is -0.801. The van der Waals surface area contributed by atoms with Crippen molar-refractivity contribution in [3.05, 3.63) is 106 Å². The third kappa shape index (κ3) is 3.71. The number of piperidine rings is 1. The molecule has 0 saturated carbocycles. The van der Waals surface area contributed by atoms with Crippen LogP contribution in [0, 0.1) is 5.21 Å². The second kappa shape index (κ2) is 8.17. The molecule has 5 rings (SSSR count). The van der Waals surface area contributed by atoms with E-state index in [9.17, 15) is 10.0 Å². The Labute approximate surface area is 182 Å². The fraction of sp³-hybridized carbons (Fsp3) is 0.269. The summed E-state index contributed by atoms with van der Waals surface area (Å²) in [6.45, 7) is 0.530. The molecule has 0 radical (unpaired) electrons. The van der Waals surface area contributed by atoms with Gasteiger partial charge < -0.3 is 5.21 Å². The maximum absolute atomic E-state index is 13.3. The Morgan fingerprint density at radius 1 is 0.935 bits per heavy atom. The average molecular weight is 412 g/mol. The van der Waals surface area contributed by atoms with Crippen molar-refractivity contribution < 1.29 is 9.44 Å². The van der Waals surface area contributed by atoms with Crippen LogP contribution in [0.3, 0.4) is 0 Å². The summed E-state index contributed by atoms with van der Waals surface area (Å²) in [5.41, 5.74) is 7.90. The highest BCUT2D eigenvalue weighted by molar-refractivity contribution is 5.89. The molecule has 5 nitrogen and oxygen atoms in total. The molecule has 0 spiro atoms. The van der Waals surface area contributed by atoms with Crippen LogP contribution in [0.4, 0.5) is 0 Å². The lowest BCUT2D eigenvalue weighted by Crippen LogP contribution is -2.51. The molecule has 2 aliphatic carbocycles. The minimum absolute atomic E-state index is 0.265. The molecule has 1 amide bonds. The summed E-state index contributed by atoms with van der Waals surface area (Å²) < 4.78 is -0.800. The molecule has 1 aliphatic heterocycles. The number of carbonyl (C=O) groups is 1. The summed E-state index contributed by atoms with van der Waals surface area (Å²) in [5.74, 6) is -0.368. The normalized spacial score (nSPS) is 25.2. The number of hydrogen-bond acceptors (Lipinski definition) is 4. The van der Waals surface area contributed by atoms with Gasteiger partial charge in [0.2, 0.25) is 0 Å². The first-order valence-electron chi connectivity index (χ1n) is 10.9. The second-order valence-electron chi connectivity index (χ2n) is 8.38. The molecule has 1 saturated heterocycles. The summed E-state index contributed by atoms with van der Waals surface area (Å²) in [6, 6.07) is 7.42. The molecular weight excluding hydrogens is 386 g/mol. The second-order valence-corrected chi connectivity index (χ2v) is 8.38. The summed E-state index contributed by atoms with van der Waals surface area (Å²) >= 11 is 0.